The van der Waals surface area contributed by atoms with Gasteiger partial charge in [-0.1, -0.05) is 6.07 Å². The lowest BCUT2D eigenvalue weighted by molar-refractivity contribution is 1.16. The molecule has 0 bridgehead atoms. The van der Waals surface area contributed by atoms with Gasteiger partial charge < -0.3 is 10.1 Å². The number of aromatic nitrogens is 2. The van der Waals surface area contributed by atoms with Crippen molar-refractivity contribution >= 4 is 23.1 Å². The molecule has 0 saturated carbocycles. The van der Waals surface area contributed by atoms with Crippen molar-refractivity contribution in [2.24, 2.45) is 0 Å². The minimum absolute atomic E-state index is 0.815. The predicted octanol–water partition coefficient (Wildman–Crippen LogP) is 3.83. The van der Waals surface area contributed by atoms with Crippen LogP contribution in [0.1, 0.15) is 16.8 Å². The molecule has 0 unspecified atom stereocenters. The van der Waals surface area contributed by atoms with E-state index in [9.17, 15) is 0 Å². The lowest BCUT2D eigenvalue weighted by Crippen LogP contribution is -1.88. The van der Waals surface area contributed by atoms with Crippen molar-refractivity contribution in [2.45, 2.75) is 24.5 Å². The third-order valence-electron chi connectivity index (χ3n) is 3.30. The number of aryl methyl sites for hydroxylation is 2. The number of fused-ring (bicyclic) bond motifs is 1. The van der Waals surface area contributed by atoms with Crippen molar-refractivity contribution in [2.75, 3.05) is 5.73 Å². The van der Waals surface area contributed by atoms with Gasteiger partial charge in [-0.3, -0.25) is 0 Å². The Morgan fingerprint density at radius 3 is 2.80 bits per heavy atom. The van der Waals surface area contributed by atoms with Crippen molar-refractivity contribution < 1.29 is 0 Å². The van der Waals surface area contributed by atoms with E-state index >= 15 is 0 Å². The summed E-state index contributed by atoms with van der Waals surface area (Å²) < 4.78 is 2.08. The van der Waals surface area contributed by atoms with Crippen LogP contribution >= 0.6 is 11.8 Å². The first-order chi connectivity index (χ1) is 9.63. The van der Waals surface area contributed by atoms with Gasteiger partial charge in [0.1, 0.15) is 5.65 Å². The number of rotatable bonds is 3. The van der Waals surface area contributed by atoms with E-state index in [0.29, 0.717) is 0 Å². The molecule has 2 heterocycles. The minimum atomic E-state index is 0.815. The summed E-state index contributed by atoms with van der Waals surface area (Å²) in [4.78, 5) is 5.95. The van der Waals surface area contributed by atoms with Crippen LogP contribution in [0.15, 0.2) is 47.6 Å². The largest absolute Gasteiger partial charge is 0.399 e. The number of pyridine rings is 1. The highest BCUT2D eigenvalue weighted by Gasteiger charge is 2.05. The maximum Gasteiger partial charge on any atom is 0.139 e. The topological polar surface area (TPSA) is 43.3 Å². The minimum Gasteiger partial charge on any atom is -0.399 e. The molecule has 0 amide bonds. The molecule has 1 aromatic carbocycles. The third-order valence-corrected chi connectivity index (χ3v) is 4.51. The smallest absolute Gasteiger partial charge is 0.139 e. The van der Waals surface area contributed by atoms with Gasteiger partial charge in [-0.2, -0.15) is 0 Å². The number of hydrogen-bond acceptors (Lipinski definition) is 3. The standard InChI is InChI=1S/C16H17N3S/c1-11-4-3-7-19-9-14(18-16(11)19)10-20-15-6-5-13(17)8-12(15)2/h3-9H,10,17H2,1-2H3. The van der Waals surface area contributed by atoms with Gasteiger partial charge >= 0.3 is 0 Å². The average molecular weight is 283 g/mol. The van der Waals surface area contributed by atoms with Crippen LogP contribution < -0.4 is 5.73 Å². The molecule has 2 N–H and O–H groups in total. The van der Waals surface area contributed by atoms with Crippen molar-refractivity contribution in [3.05, 3.63) is 59.5 Å². The number of nitrogen functional groups attached to an aromatic ring is 1. The summed E-state index contributed by atoms with van der Waals surface area (Å²) in [6, 6.07) is 10.2. The normalized spacial score (nSPS) is 11.1. The lowest BCUT2D eigenvalue weighted by Gasteiger charge is -2.04. The number of anilines is 1. The van der Waals surface area contributed by atoms with Crippen LogP contribution in [0, 0.1) is 13.8 Å². The molecular weight excluding hydrogens is 266 g/mol. The van der Waals surface area contributed by atoms with Crippen LogP contribution in [0.4, 0.5) is 5.69 Å². The fraction of sp³-hybridized carbons (Fsp3) is 0.188. The fourth-order valence-electron chi connectivity index (χ4n) is 2.26. The molecule has 0 radical (unpaired) electrons. The summed E-state index contributed by atoms with van der Waals surface area (Å²) in [6.45, 7) is 4.18. The highest BCUT2D eigenvalue weighted by molar-refractivity contribution is 7.98. The number of nitrogens with two attached hydrogens (primary N) is 1. The van der Waals surface area contributed by atoms with Gasteiger partial charge in [0, 0.05) is 28.7 Å². The second kappa shape index (κ2) is 5.21. The summed E-state index contributed by atoms with van der Waals surface area (Å²) in [5, 5.41) is 0. The van der Waals surface area contributed by atoms with Crippen molar-refractivity contribution in [3.63, 3.8) is 0 Å². The van der Waals surface area contributed by atoms with E-state index in [1.165, 1.54) is 16.0 Å². The van der Waals surface area contributed by atoms with E-state index in [2.05, 4.69) is 36.6 Å². The van der Waals surface area contributed by atoms with Gasteiger partial charge in [0.2, 0.25) is 0 Å². The molecule has 0 atom stereocenters. The summed E-state index contributed by atoms with van der Waals surface area (Å²) >= 11 is 1.80. The molecule has 0 aliphatic heterocycles. The van der Waals surface area contributed by atoms with Crippen LogP contribution in [0.3, 0.4) is 0 Å². The number of thioether (sulfide) groups is 1. The third kappa shape index (κ3) is 2.51. The Bertz CT molecular complexity index is 762. The number of hydrogen-bond donors (Lipinski definition) is 1. The zero-order chi connectivity index (χ0) is 14.1. The summed E-state index contributed by atoms with van der Waals surface area (Å²) in [6.07, 6.45) is 4.14. The highest BCUT2D eigenvalue weighted by atomic mass is 32.2. The summed E-state index contributed by atoms with van der Waals surface area (Å²) in [5.41, 5.74) is 11.1. The molecule has 0 spiro atoms. The molecule has 0 saturated heterocycles. The summed E-state index contributed by atoms with van der Waals surface area (Å²) in [7, 11) is 0. The Kier molecular flexibility index (Phi) is 3.40. The van der Waals surface area contributed by atoms with Gasteiger partial charge in [-0.25, -0.2) is 4.98 Å². The molecule has 4 heteroatoms. The van der Waals surface area contributed by atoms with Crippen molar-refractivity contribution in [1.82, 2.24) is 9.38 Å². The molecule has 2 aromatic heterocycles. The zero-order valence-corrected chi connectivity index (χ0v) is 12.4. The first-order valence-electron chi connectivity index (χ1n) is 6.55. The van der Waals surface area contributed by atoms with E-state index < -0.39 is 0 Å². The molecular formula is C16H17N3S. The Morgan fingerprint density at radius 2 is 2.05 bits per heavy atom. The highest BCUT2D eigenvalue weighted by Crippen LogP contribution is 2.27. The van der Waals surface area contributed by atoms with Crippen LogP contribution in [0.5, 0.6) is 0 Å². The second-order valence-corrected chi connectivity index (χ2v) is 5.99. The average Bonchev–Trinajstić information content (AvgIpc) is 2.82. The van der Waals surface area contributed by atoms with Crippen LogP contribution in [-0.4, -0.2) is 9.38 Å². The maximum atomic E-state index is 5.78. The molecule has 20 heavy (non-hydrogen) atoms. The SMILES string of the molecule is Cc1cc(N)ccc1SCc1cn2cccc(C)c2n1. The predicted molar refractivity (Wildman–Crippen MR) is 85.1 cm³/mol. The Balaban J connectivity index is 1.81. The van der Waals surface area contributed by atoms with Crippen molar-refractivity contribution in [1.29, 1.82) is 0 Å². The molecule has 0 aliphatic rings. The molecule has 0 fully saturated rings. The van der Waals surface area contributed by atoms with Gasteiger partial charge in [0.05, 0.1) is 5.69 Å². The van der Waals surface area contributed by atoms with E-state index in [4.69, 9.17) is 10.7 Å². The van der Waals surface area contributed by atoms with Crippen LogP contribution in [0.25, 0.3) is 5.65 Å². The lowest BCUT2D eigenvalue weighted by atomic mass is 10.2. The Labute approximate surface area is 122 Å². The van der Waals surface area contributed by atoms with Crippen LogP contribution in [0.2, 0.25) is 0 Å². The number of nitrogens with zero attached hydrogens (tertiary/aromatic N) is 2. The molecule has 102 valence electrons. The van der Waals surface area contributed by atoms with Gasteiger partial charge in [0.15, 0.2) is 0 Å². The van der Waals surface area contributed by atoms with Crippen molar-refractivity contribution in [3.8, 4) is 0 Å². The van der Waals surface area contributed by atoms with E-state index in [0.717, 1.165) is 22.8 Å². The molecule has 3 aromatic rings. The second-order valence-electron chi connectivity index (χ2n) is 4.97. The van der Waals surface area contributed by atoms with Gasteiger partial charge in [0.25, 0.3) is 0 Å². The molecule has 0 aliphatic carbocycles. The number of imidazole rings is 1. The fourth-order valence-corrected chi connectivity index (χ4v) is 3.15. The Morgan fingerprint density at radius 1 is 1.20 bits per heavy atom. The molecule has 3 rings (SSSR count). The van der Waals surface area contributed by atoms with E-state index in [1.807, 2.05) is 24.4 Å². The first kappa shape index (κ1) is 13.1. The zero-order valence-electron chi connectivity index (χ0n) is 11.6. The first-order valence-corrected chi connectivity index (χ1v) is 7.54. The quantitative estimate of drug-likeness (QED) is 0.587. The van der Waals surface area contributed by atoms with Crippen LogP contribution in [-0.2, 0) is 5.75 Å². The van der Waals surface area contributed by atoms with Gasteiger partial charge in [-0.05, 0) is 49.2 Å². The Hall–Kier alpha value is -1.94. The molecule has 3 nitrogen and oxygen atoms in total. The maximum absolute atomic E-state index is 5.78. The number of benzene rings is 1. The summed E-state index contributed by atoms with van der Waals surface area (Å²) in [5.74, 6) is 0.867. The van der Waals surface area contributed by atoms with E-state index in [1.54, 1.807) is 11.8 Å². The monoisotopic (exact) mass is 283 g/mol. The van der Waals surface area contributed by atoms with E-state index in [-0.39, 0.29) is 0 Å². The van der Waals surface area contributed by atoms with Gasteiger partial charge in [-0.15, -0.1) is 11.8 Å².